The summed E-state index contributed by atoms with van der Waals surface area (Å²) < 4.78 is 0. The average molecular weight is 320 g/mol. The van der Waals surface area contributed by atoms with Gasteiger partial charge in [0.25, 0.3) is 0 Å². The summed E-state index contributed by atoms with van der Waals surface area (Å²) in [5, 5.41) is 9.99. The second kappa shape index (κ2) is 8.03. The molecule has 2 amide bonds. The third-order valence-electron chi connectivity index (χ3n) is 3.88. The molecular formula is C16H24N4O3. The lowest BCUT2D eigenvalue weighted by Gasteiger charge is -2.25. The van der Waals surface area contributed by atoms with Crippen LogP contribution in [-0.2, 0) is 16.1 Å². The summed E-state index contributed by atoms with van der Waals surface area (Å²) in [5.74, 6) is -0.118. The molecule has 0 spiro atoms. The number of likely N-dealkylation sites (N-methyl/N-ethyl adjacent to an activating group) is 1. The highest BCUT2D eigenvalue weighted by atomic mass is 16.3. The third kappa shape index (κ3) is 5.30. The number of carbonyl (C=O) groups is 2. The lowest BCUT2D eigenvalue weighted by molar-refractivity contribution is -0.133. The van der Waals surface area contributed by atoms with Crippen LogP contribution in [0, 0.1) is 0 Å². The van der Waals surface area contributed by atoms with Gasteiger partial charge in [-0.3, -0.25) is 19.5 Å². The lowest BCUT2D eigenvalue weighted by atomic mass is 10.2. The Labute approximate surface area is 136 Å². The summed E-state index contributed by atoms with van der Waals surface area (Å²) >= 11 is 0. The Hall–Kier alpha value is -1.99. The van der Waals surface area contributed by atoms with E-state index in [4.69, 9.17) is 0 Å². The molecule has 7 nitrogen and oxygen atoms in total. The van der Waals surface area contributed by atoms with Gasteiger partial charge >= 0.3 is 0 Å². The SMILES string of the molecule is CC(=O)N1CCN(C(=O)CN(C)Cc2cccnc2)C[C@H](O)C1. The minimum Gasteiger partial charge on any atom is -0.389 e. The predicted octanol–water partition coefficient (Wildman–Crippen LogP) is -0.435. The Morgan fingerprint density at radius 1 is 1.35 bits per heavy atom. The molecule has 126 valence electrons. The van der Waals surface area contributed by atoms with E-state index in [0.29, 0.717) is 19.6 Å². The van der Waals surface area contributed by atoms with Gasteiger partial charge in [0.05, 0.1) is 12.6 Å². The number of rotatable bonds is 4. The quantitative estimate of drug-likeness (QED) is 0.814. The van der Waals surface area contributed by atoms with Crippen molar-refractivity contribution in [1.82, 2.24) is 19.7 Å². The van der Waals surface area contributed by atoms with Crippen LogP contribution >= 0.6 is 0 Å². The number of β-amino-alcohol motifs (C(OH)–C–C–N with tert-alkyl or cyclic N) is 1. The summed E-state index contributed by atoms with van der Waals surface area (Å²) in [5.41, 5.74) is 1.04. The number of pyridine rings is 1. The molecule has 1 aromatic heterocycles. The first-order valence-corrected chi connectivity index (χ1v) is 7.74. The van der Waals surface area contributed by atoms with Crippen molar-refractivity contribution in [3.63, 3.8) is 0 Å². The van der Waals surface area contributed by atoms with Crippen molar-refractivity contribution in [3.05, 3.63) is 30.1 Å². The molecule has 1 N–H and O–H groups in total. The van der Waals surface area contributed by atoms with Crippen LogP contribution in [0.15, 0.2) is 24.5 Å². The fraction of sp³-hybridized carbons (Fsp3) is 0.562. The smallest absolute Gasteiger partial charge is 0.236 e. The number of nitrogens with zero attached hydrogens (tertiary/aromatic N) is 4. The van der Waals surface area contributed by atoms with E-state index in [0.717, 1.165) is 5.56 Å². The number of carbonyl (C=O) groups excluding carboxylic acids is 2. The first kappa shape index (κ1) is 17.4. The van der Waals surface area contributed by atoms with Crippen LogP contribution in [0.2, 0.25) is 0 Å². The highest BCUT2D eigenvalue weighted by Crippen LogP contribution is 2.07. The van der Waals surface area contributed by atoms with Crippen molar-refractivity contribution >= 4 is 11.8 Å². The summed E-state index contributed by atoms with van der Waals surface area (Å²) in [6, 6.07) is 3.83. The molecule has 1 fully saturated rings. The largest absolute Gasteiger partial charge is 0.389 e. The second-order valence-electron chi connectivity index (χ2n) is 5.99. The number of hydrogen-bond donors (Lipinski definition) is 1. The van der Waals surface area contributed by atoms with Gasteiger partial charge in [0.1, 0.15) is 0 Å². The molecule has 7 heteroatoms. The molecule has 1 aromatic rings. The highest BCUT2D eigenvalue weighted by molar-refractivity contribution is 5.78. The van der Waals surface area contributed by atoms with Crippen LogP contribution in [0.1, 0.15) is 12.5 Å². The van der Waals surface area contributed by atoms with Crippen LogP contribution in [0.3, 0.4) is 0 Å². The Bertz CT molecular complexity index is 537. The van der Waals surface area contributed by atoms with Crippen molar-refractivity contribution in [2.24, 2.45) is 0 Å². The van der Waals surface area contributed by atoms with Crippen molar-refractivity contribution in [1.29, 1.82) is 0 Å². The maximum absolute atomic E-state index is 12.4. The lowest BCUT2D eigenvalue weighted by Crippen LogP contribution is -2.42. The Kier molecular flexibility index (Phi) is 6.06. The summed E-state index contributed by atoms with van der Waals surface area (Å²) in [6.07, 6.45) is 2.80. The number of hydrogen-bond acceptors (Lipinski definition) is 5. The Balaban J connectivity index is 1.88. The molecule has 1 atom stereocenters. The van der Waals surface area contributed by atoms with Gasteiger partial charge in [-0.05, 0) is 18.7 Å². The molecule has 0 aromatic carbocycles. The number of aromatic nitrogens is 1. The Morgan fingerprint density at radius 3 is 2.70 bits per heavy atom. The van der Waals surface area contributed by atoms with E-state index < -0.39 is 6.10 Å². The summed E-state index contributed by atoms with van der Waals surface area (Å²) in [7, 11) is 1.88. The molecule has 0 unspecified atom stereocenters. The van der Waals surface area contributed by atoms with E-state index in [1.165, 1.54) is 6.92 Å². The molecule has 0 aliphatic carbocycles. The molecule has 1 aliphatic rings. The normalized spacial score (nSPS) is 18.9. The van der Waals surface area contributed by atoms with Gasteiger partial charge < -0.3 is 14.9 Å². The highest BCUT2D eigenvalue weighted by Gasteiger charge is 2.25. The van der Waals surface area contributed by atoms with Gasteiger partial charge in [0.15, 0.2) is 0 Å². The molecule has 0 bridgehead atoms. The number of aliphatic hydroxyl groups is 1. The van der Waals surface area contributed by atoms with Crippen LogP contribution in [0.4, 0.5) is 0 Å². The molecule has 2 heterocycles. The van der Waals surface area contributed by atoms with Crippen LogP contribution in [0.5, 0.6) is 0 Å². The molecule has 1 aliphatic heterocycles. The minimum atomic E-state index is -0.700. The van der Waals surface area contributed by atoms with Gasteiger partial charge in [0.2, 0.25) is 11.8 Å². The van der Waals surface area contributed by atoms with Crippen molar-refractivity contribution in [2.75, 3.05) is 39.8 Å². The van der Waals surface area contributed by atoms with Crippen molar-refractivity contribution in [3.8, 4) is 0 Å². The summed E-state index contributed by atoms with van der Waals surface area (Å²) in [6.45, 7) is 3.84. The Morgan fingerprint density at radius 2 is 2.04 bits per heavy atom. The van der Waals surface area contributed by atoms with Crippen molar-refractivity contribution in [2.45, 2.75) is 19.6 Å². The first-order chi connectivity index (χ1) is 11.0. The predicted molar refractivity (Wildman–Crippen MR) is 85.4 cm³/mol. The molecule has 23 heavy (non-hydrogen) atoms. The maximum Gasteiger partial charge on any atom is 0.236 e. The van der Waals surface area contributed by atoms with Crippen LogP contribution in [-0.4, -0.2) is 82.5 Å². The van der Waals surface area contributed by atoms with Gasteiger partial charge in [-0.15, -0.1) is 0 Å². The molecule has 2 rings (SSSR count). The third-order valence-corrected chi connectivity index (χ3v) is 3.88. The molecular weight excluding hydrogens is 296 g/mol. The van der Waals surface area contributed by atoms with Gasteiger partial charge in [0, 0.05) is 52.0 Å². The van der Waals surface area contributed by atoms with E-state index in [-0.39, 0.29) is 31.4 Å². The zero-order valence-electron chi connectivity index (χ0n) is 13.7. The van der Waals surface area contributed by atoms with Gasteiger partial charge in [-0.25, -0.2) is 0 Å². The number of aliphatic hydroxyl groups excluding tert-OH is 1. The fourth-order valence-electron chi connectivity index (χ4n) is 2.69. The second-order valence-corrected chi connectivity index (χ2v) is 5.99. The fourth-order valence-corrected chi connectivity index (χ4v) is 2.69. The standard InChI is InChI=1S/C16H24N4O3/c1-13(21)19-6-7-20(11-15(22)10-19)16(23)12-18(2)9-14-4-3-5-17-8-14/h3-5,8,15,22H,6-7,9-12H2,1-2H3/t15-/m1/s1. The molecule has 0 radical (unpaired) electrons. The van der Waals surface area contributed by atoms with Crippen LogP contribution in [0.25, 0.3) is 0 Å². The first-order valence-electron chi connectivity index (χ1n) is 7.74. The average Bonchev–Trinajstić information content (AvgIpc) is 2.70. The minimum absolute atomic E-state index is 0.0409. The zero-order valence-corrected chi connectivity index (χ0v) is 13.7. The number of amides is 2. The van der Waals surface area contributed by atoms with Crippen LogP contribution < -0.4 is 0 Å². The maximum atomic E-state index is 12.4. The van der Waals surface area contributed by atoms with Gasteiger partial charge in [-0.1, -0.05) is 6.07 Å². The van der Waals surface area contributed by atoms with E-state index in [9.17, 15) is 14.7 Å². The van der Waals surface area contributed by atoms with E-state index >= 15 is 0 Å². The van der Waals surface area contributed by atoms with E-state index in [1.807, 2.05) is 24.1 Å². The molecule has 1 saturated heterocycles. The topological polar surface area (TPSA) is 77.0 Å². The van der Waals surface area contributed by atoms with Gasteiger partial charge in [-0.2, -0.15) is 0 Å². The van der Waals surface area contributed by atoms with E-state index in [1.54, 1.807) is 22.2 Å². The zero-order chi connectivity index (χ0) is 16.8. The summed E-state index contributed by atoms with van der Waals surface area (Å²) in [4.78, 5) is 33.1. The van der Waals surface area contributed by atoms with Crippen molar-refractivity contribution < 1.29 is 14.7 Å². The monoisotopic (exact) mass is 320 g/mol. The van der Waals surface area contributed by atoms with E-state index in [2.05, 4.69) is 4.98 Å². The molecule has 0 saturated carbocycles.